The molecule has 0 aliphatic carbocycles. The minimum atomic E-state index is -0.534. The van der Waals surface area contributed by atoms with Crippen molar-refractivity contribution in [3.63, 3.8) is 0 Å². The molecule has 0 atom stereocenters. The van der Waals surface area contributed by atoms with E-state index in [2.05, 4.69) is 10.5 Å². The number of hydrogen-bond acceptors (Lipinski definition) is 4. The molecule has 0 unspecified atom stereocenters. The Hall–Kier alpha value is -2.96. The second-order valence-corrected chi connectivity index (χ2v) is 7.18. The summed E-state index contributed by atoms with van der Waals surface area (Å²) in [4.78, 5) is 12.3. The summed E-state index contributed by atoms with van der Waals surface area (Å²) < 4.78 is 6.97. The van der Waals surface area contributed by atoms with Crippen molar-refractivity contribution in [1.29, 1.82) is 0 Å². The fourth-order valence-corrected chi connectivity index (χ4v) is 3.37. The zero-order valence-corrected chi connectivity index (χ0v) is 17.5. The monoisotopic (exact) mass is 431 g/mol. The summed E-state index contributed by atoms with van der Waals surface area (Å²) >= 11 is 12.4. The van der Waals surface area contributed by atoms with Crippen molar-refractivity contribution in [3.8, 4) is 17.2 Å². The van der Waals surface area contributed by atoms with Gasteiger partial charge in [-0.15, -0.1) is 0 Å². The van der Waals surface area contributed by atoms with Gasteiger partial charge in [-0.3, -0.25) is 4.79 Å². The van der Waals surface area contributed by atoms with Crippen LogP contribution in [0.25, 0.3) is 5.69 Å². The van der Waals surface area contributed by atoms with Gasteiger partial charge in [-0.2, -0.15) is 5.10 Å². The minimum absolute atomic E-state index is 0.0964. The zero-order valence-electron chi connectivity index (χ0n) is 16.0. The molecule has 2 N–H and O–H groups in total. The Bertz CT molecular complexity index is 1110. The Morgan fingerprint density at radius 2 is 1.93 bits per heavy atom. The molecule has 0 radical (unpaired) electrons. The van der Waals surface area contributed by atoms with Crippen LogP contribution in [-0.4, -0.2) is 28.9 Å². The van der Waals surface area contributed by atoms with Crippen molar-refractivity contribution in [2.75, 3.05) is 7.11 Å². The molecule has 0 aliphatic heterocycles. The van der Waals surface area contributed by atoms with Gasteiger partial charge in [0.2, 0.25) is 0 Å². The standard InChI is InChI=1S/C21H19Cl2N3O3/c1-12-8-14(13(2)26(12)19-9-15(22)4-7-18(19)23)11-24-25-21(28)17-6-5-16(29-3)10-20(17)27/h4-11,27H,1-3H3,(H,25,28)/b24-11-. The average Bonchev–Trinajstić information content (AvgIpc) is 2.96. The summed E-state index contributed by atoms with van der Waals surface area (Å²) in [5, 5.41) is 15.1. The van der Waals surface area contributed by atoms with Crippen LogP contribution >= 0.6 is 23.2 Å². The van der Waals surface area contributed by atoms with Gasteiger partial charge >= 0.3 is 0 Å². The molecule has 0 saturated heterocycles. The van der Waals surface area contributed by atoms with E-state index in [1.54, 1.807) is 24.3 Å². The first-order valence-corrected chi connectivity index (χ1v) is 9.42. The fourth-order valence-electron chi connectivity index (χ4n) is 3.00. The third kappa shape index (κ3) is 4.39. The van der Waals surface area contributed by atoms with Crippen LogP contribution in [0.15, 0.2) is 47.6 Å². The van der Waals surface area contributed by atoms with Gasteiger partial charge in [-0.25, -0.2) is 5.43 Å². The Kier molecular flexibility index (Phi) is 6.15. The van der Waals surface area contributed by atoms with E-state index in [-0.39, 0.29) is 11.3 Å². The van der Waals surface area contributed by atoms with E-state index in [0.29, 0.717) is 15.8 Å². The van der Waals surface area contributed by atoms with Crippen LogP contribution in [0.3, 0.4) is 0 Å². The second kappa shape index (κ2) is 8.59. The predicted molar refractivity (Wildman–Crippen MR) is 115 cm³/mol. The molecule has 150 valence electrons. The zero-order chi connectivity index (χ0) is 21.1. The lowest BCUT2D eigenvalue weighted by Gasteiger charge is -2.12. The third-order valence-corrected chi connectivity index (χ3v) is 4.99. The van der Waals surface area contributed by atoms with Crippen LogP contribution in [0.4, 0.5) is 0 Å². The Labute approximate surface area is 178 Å². The summed E-state index contributed by atoms with van der Waals surface area (Å²) in [5.41, 5.74) is 5.90. The van der Waals surface area contributed by atoms with Gasteiger partial charge in [0, 0.05) is 28.0 Å². The highest BCUT2D eigenvalue weighted by Crippen LogP contribution is 2.28. The topological polar surface area (TPSA) is 75.8 Å². The Morgan fingerprint density at radius 3 is 2.62 bits per heavy atom. The smallest absolute Gasteiger partial charge is 0.275 e. The lowest BCUT2D eigenvalue weighted by atomic mass is 10.2. The molecule has 0 aliphatic rings. The number of halogens is 2. The molecule has 0 saturated carbocycles. The van der Waals surface area contributed by atoms with E-state index in [9.17, 15) is 9.90 Å². The third-order valence-electron chi connectivity index (χ3n) is 4.44. The summed E-state index contributed by atoms with van der Waals surface area (Å²) in [7, 11) is 1.48. The lowest BCUT2D eigenvalue weighted by Crippen LogP contribution is -2.17. The number of phenols is 1. The molecular formula is C21H19Cl2N3O3. The predicted octanol–water partition coefficient (Wildman–Crippen LogP) is 4.88. The molecule has 1 aromatic heterocycles. The van der Waals surface area contributed by atoms with E-state index in [1.165, 1.54) is 25.5 Å². The Balaban J connectivity index is 1.82. The van der Waals surface area contributed by atoms with E-state index in [1.807, 2.05) is 24.5 Å². The van der Waals surface area contributed by atoms with Crippen molar-refractivity contribution >= 4 is 35.3 Å². The maximum absolute atomic E-state index is 12.3. The minimum Gasteiger partial charge on any atom is -0.507 e. The molecular weight excluding hydrogens is 413 g/mol. The molecule has 8 heteroatoms. The number of nitrogens with zero attached hydrogens (tertiary/aromatic N) is 2. The quantitative estimate of drug-likeness (QED) is 0.446. The Morgan fingerprint density at radius 1 is 1.17 bits per heavy atom. The molecule has 1 amide bonds. The fraction of sp³-hybridized carbons (Fsp3) is 0.143. The largest absolute Gasteiger partial charge is 0.507 e. The van der Waals surface area contributed by atoms with Crippen molar-refractivity contribution in [3.05, 3.63) is 75.0 Å². The number of hydrogen-bond donors (Lipinski definition) is 2. The van der Waals surface area contributed by atoms with E-state index in [4.69, 9.17) is 27.9 Å². The van der Waals surface area contributed by atoms with Gasteiger partial charge in [0.15, 0.2) is 0 Å². The number of aromatic nitrogens is 1. The molecule has 2 aromatic carbocycles. The van der Waals surface area contributed by atoms with E-state index < -0.39 is 5.91 Å². The molecule has 0 fully saturated rings. The van der Waals surface area contributed by atoms with E-state index >= 15 is 0 Å². The molecule has 0 spiro atoms. The van der Waals surface area contributed by atoms with Crippen LogP contribution in [0, 0.1) is 13.8 Å². The molecule has 0 bridgehead atoms. The lowest BCUT2D eigenvalue weighted by molar-refractivity contribution is 0.0952. The number of amides is 1. The van der Waals surface area contributed by atoms with Crippen LogP contribution in [0.2, 0.25) is 10.0 Å². The summed E-state index contributed by atoms with van der Waals surface area (Å²) in [6.45, 7) is 3.86. The number of aryl methyl sites for hydroxylation is 1. The first-order chi connectivity index (χ1) is 13.8. The van der Waals surface area contributed by atoms with Crippen molar-refractivity contribution in [2.24, 2.45) is 5.10 Å². The van der Waals surface area contributed by atoms with Crippen LogP contribution < -0.4 is 10.2 Å². The van der Waals surface area contributed by atoms with Crippen molar-refractivity contribution in [2.45, 2.75) is 13.8 Å². The van der Waals surface area contributed by atoms with Crippen LogP contribution in [0.5, 0.6) is 11.5 Å². The van der Waals surface area contributed by atoms with Gasteiger partial charge in [0.1, 0.15) is 11.5 Å². The number of hydrazone groups is 1. The number of methoxy groups -OCH3 is 1. The highest BCUT2D eigenvalue weighted by molar-refractivity contribution is 6.34. The maximum Gasteiger partial charge on any atom is 0.275 e. The van der Waals surface area contributed by atoms with Gasteiger partial charge in [-0.1, -0.05) is 23.2 Å². The molecule has 29 heavy (non-hydrogen) atoms. The molecule has 3 aromatic rings. The van der Waals surface area contributed by atoms with Gasteiger partial charge < -0.3 is 14.4 Å². The highest BCUT2D eigenvalue weighted by Gasteiger charge is 2.14. The number of ether oxygens (including phenoxy) is 1. The number of rotatable bonds is 5. The number of carbonyl (C=O) groups is 1. The summed E-state index contributed by atoms with van der Waals surface area (Å²) in [6, 6.07) is 11.6. The van der Waals surface area contributed by atoms with Gasteiger partial charge in [0.05, 0.1) is 29.6 Å². The molecule has 1 heterocycles. The normalized spacial score (nSPS) is 11.1. The number of carbonyl (C=O) groups excluding carboxylic acids is 1. The number of aromatic hydroxyl groups is 1. The summed E-state index contributed by atoms with van der Waals surface area (Å²) in [5.74, 6) is -0.270. The van der Waals surface area contributed by atoms with Crippen molar-refractivity contribution < 1.29 is 14.6 Å². The van der Waals surface area contributed by atoms with Gasteiger partial charge in [-0.05, 0) is 50.2 Å². The van der Waals surface area contributed by atoms with Crippen molar-refractivity contribution in [1.82, 2.24) is 9.99 Å². The molecule has 6 nitrogen and oxygen atoms in total. The SMILES string of the molecule is COc1ccc(C(=O)N/N=C\c2cc(C)n(-c3cc(Cl)ccc3Cl)c2C)c(O)c1. The first-order valence-electron chi connectivity index (χ1n) is 8.66. The van der Waals surface area contributed by atoms with Gasteiger partial charge in [0.25, 0.3) is 5.91 Å². The molecule has 3 rings (SSSR count). The second-order valence-electron chi connectivity index (χ2n) is 6.34. The number of phenolic OH excluding ortho intramolecular Hbond substituents is 1. The number of benzene rings is 2. The highest BCUT2D eigenvalue weighted by atomic mass is 35.5. The first kappa shape index (κ1) is 20.8. The number of nitrogens with one attached hydrogen (secondary N) is 1. The van der Waals surface area contributed by atoms with Crippen LogP contribution in [0.1, 0.15) is 27.3 Å². The summed E-state index contributed by atoms with van der Waals surface area (Å²) in [6.07, 6.45) is 1.54. The maximum atomic E-state index is 12.3. The average molecular weight is 432 g/mol. The van der Waals surface area contributed by atoms with E-state index in [0.717, 1.165) is 22.6 Å². The van der Waals surface area contributed by atoms with Crippen LogP contribution in [-0.2, 0) is 0 Å².